The van der Waals surface area contributed by atoms with Gasteiger partial charge in [0.05, 0.1) is 25.2 Å². The molecule has 2 unspecified atom stereocenters. The van der Waals surface area contributed by atoms with Crippen LogP contribution in [0.3, 0.4) is 0 Å². The third-order valence-electron chi connectivity index (χ3n) is 4.11. The van der Waals surface area contributed by atoms with E-state index in [0.717, 1.165) is 12.8 Å². The molecule has 0 radical (unpaired) electrons. The molecule has 0 N–H and O–H groups in total. The van der Waals surface area contributed by atoms with Gasteiger partial charge in [-0.05, 0) is 12.8 Å². The molecule has 0 saturated carbocycles. The Morgan fingerprint density at radius 2 is 1.48 bits per heavy atom. The minimum Gasteiger partial charge on any atom is -0.466 e. The van der Waals surface area contributed by atoms with Crippen molar-refractivity contribution < 1.29 is 14.3 Å². The fourth-order valence-corrected chi connectivity index (χ4v) is 2.71. The molecule has 2 atom stereocenters. The number of unbranched alkanes of at least 4 members (excludes halogenated alkanes) is 8. The maximum atomic E-state index is 11.4. The van der Waals surface area contributed by atoms with Gasteiger partial charge in [-0.15, -0.1) is 0 Å². The molecule has 3 nitrogen and oxygen atoms in total. The third kappa shape index (κ3) is 9.89. The smallest absolute Gasteiger partial charge is 0.308 e. The Balaban J connectivity index is 1.82. The van der Waals surface area contributed by atoms with Crippen LogP contribution >= 0.6 is 0 Å². The Morgan fingerprint density at radius 1 is 0.857 bits per heavy atom. The van der Waals surface area contributed by atoms with Gasteiger partial charge in [0, 0.05) is 0 Å². The Kier molecular flexibility index (Phi) is 10.6. The van der Waals surface area contributed by atoms with Crippen molar-refractivity contribution in [1.29, 1.82) is 0 Å². The summed E-state index contributed by atoms with van der Waals surface area (Å²) in [4.78, 5) is 11.4. The standard InChI is InChI=1S/C18H34O3/c1-3-5-6-7-8-9-10-11-12-13-16-17(21-16)15-18(19)20-14-4-2/h16-17H,3-15H2,1-2H3. The molecule has 1 aliphatic heterocycles. The van der Waals surface area contributed by atoms with Crippen molar-refractivity contribution in [1.82, 2.24) is 0 Å². The Bertz CT molecular complexity index is 265. The number of epoxide rings is 1. The first kappa shape index (κ1) is 18.5. The van der Waals surface area contributed by atoms with Crippen molar-refractivity contribution in [2.45, 2.75) is 103 Å². The van der Waals surface area contributed by atoms with Crippen molar-refractivity contribution in [3.8, 4) is 0 Å². The Labute approximate surface area is 130 Å². The molecular weight excluding hydrogens is 264 g/mol. The van der Waals surface area contributed by atoms with Crippen molar-refractivity contribution in [3.63, 3.8) is 0 Å². The average molecular weight is 298 g/mol. The van der Waals surface area contributed by atoms with Crippen LogP contribution < -0.4 is 0 Å². The van der Waals surface area contributed by atoms with Crippen molar-refractivity contribution in [3.05, 3.63) is 0 Å². The Morgan fingerprint density at radius 3 is 2.10 bits per heavy atom. The first-order valence-electron chi connectivity index (χ1n) is 9.09. The molecule has 0 aliphatic carbocycles. The molecule has 1 aliphatic rings. The molecule has 0 aromatic rings. The van der Waals surface area contributed by atoms with E-state index in [-0.39, 0.29) is 12.1 Å². The van der Waals surface area contributed by atoms with Crippen LogP contribution in [0.5, 0.6) is 0 Å². The maximum Gasteiger partial charge on any atom is 0.308 e. The maximum absolute atomic E-state index is 11.4. The summed E-state index contributed by atoms with van der Waals surface area (Å²) >= 11 is 0. The molecule has 1 fully saturated rings. The molecule has 0 aromatic heterocycles. The topological polar surface area (TPSA) is 38.8 Å². The van der Waals surface area contributed by atoms with Gasteiger partial charge >= 0.3 is 5.97 Å². The van der Waals surface area contributed by atoms with Crippen molar-refractivity contribution in [2.24, 2.45) is 0 Å². The van der Waals surface area contributed by atoms with Crippen LogP contribution in [0.25, 0.3) is 0 Å². The van der Waals surface area contributed by atoms with Gasteiger partial charge < -0.3 is 9.47 Å². The van der Waals surface area contributed by atoms with Gasteiger partial charge in [-0.3, -0.25) is 4.79 Å². The second-order valence-corrected chi connectivity index (χ2v) is 6.25. The lowest BCUT2D eigenvalue weighted by molar-refractivity contribution is -0.144. The number of ether oxygens (including phenoxy) is 2. The Hall–Kier alpha value is -0.570. The largest absolute Gasteiger partial charge is 0.466 e. The van der Waals surface area contributed by atoms with Gasteiger partial charge in [0.1, 0.15) is 0 Å². The highest BCUT2D eigenvalue weighted by Crippen LogP contribution is 2.30. The lowest BCUT2D eigenvalue weighted by atomic mass is 10.0. The lowest BCUT2D eigenvalue weighted by Gasteiger charge is -2.01. The summed E-state index contributed by atoms with van der Waals surface area (Å²) in [7, 11) is 0. The summed E-state index contributed by atoms with van der Waals surface area (Å²) < 4.78 is 10.6. The zero-order chi connectivity index (χ0) is 15.3. The van der Waals surface area contributed by atoms with E-state index in [1.54, 1.807) is 0 Å². The van der Waals surface area contributed by atoms with Crippen LogP contribution in [0.15, 0.2) is 0 Å². The molecule has 0 aromatic carbocycles. The molecule has 1 heterocycles. The predicted octanol–water partition coefficient (Wildman–Crippen LogP) is 5.02. The number of esters is 1. The molecule has 0 spiro atoms. The highest BCUT2D eigenvalue weighted by Gasteiger charge is 2.39. The van der Waals surface area contributed by atoms with E-state index in [1.165, 1.54) is 57.8 Å². The zero-order valence-corrected chi connectivity index (χ0v) is 14.1. The first-order chi connectivity index (χ1) is 10.3. The van der Waals surface area contributed by atoms with Crippen LogP contribution in [-0.2, 0) is 14.3 Å². The SMILES string of the molecule is CCCCCCCCCCCC1OC1CC(=O)OCCC. The van der Waals surface area contributed by atoms with E-state index in [9.17, 15) is 4.79 Å². The van der Waals surface area contributed by atoms with Crippen LogP contribution in [0.1, 0.15) is 90.9 Å². The highest BCUT2D eigenvalue weighted by molar-refractivity contribution is 5.70. The van der Waals surface area contributed by atoms with Crippen molar-refractivity contribution >= 4 is 5.97 Å². The first-order valence-corrected chi connectivity index (χ1v) is 9.09. The second kappa shape index (κ2) is 12.0. The van der Waals surface area contributed by atoms with Gasteiger partial charge in [-0.1, -0.05) is 71.6 Å². The summed E-state index contributed by atoms with van der Waals surface area (Å²) in [6, 6.07) is 0. The number of rotatable bonds is 14. The van der Waals surface area contributed by atoms with E-state index in [4.69, 9.17) is 9.47 Å². The van der Waals surface area contributed by atoms with Crippen LogP contribution in [0.2, 0.25) is 0 Å². The zero-order valence-electron chi connectivity index (χ0n) is 14.1. The highest BCUT2D eigenvalue weighted by atomic mass is 16.6. The van der Waals surface area contributed by atoms with Gasteiger partial charge in [0.15, 0.2) is 0 Å². The van der Waals surface area contributed by atoms with Crippen LogP contribution in [0.4, 0.5) is 0 Å². The second-order valence-electron chi connectivity index (χ2n) is 6.25. The molecule has 124 valence electrons. The quantitative estimate of drug-likeness (QED) is 0.257. The molecule has 0 amide bonds. The van der Waals surface area contributed by atoms with E-state index in [0.29, 0.717) is 19.1 Å². The number of hydrogen-bond donors (Lipinski definition) is 0. The minimum atomic E-state index is -0.101. The molecule has 0 bridgehead atoms. The van der Waals surface area contributed by atoms with Crippen LogP contribution in [-0.4, -0.2) is 24.8 Å². The van der Waals surface area contributed by atoms with E-state index in [2.05, 4.69) is 6.92 Å². The lowest BCUT2D eigenvalue weighted by Crippen LogP contribution is -2.09. The van der Waals surface area contributed by atoms with Gasteiger partial charge in [-0.2, -0.15) is 0 Å². The fraction of sp³-hybridized carbons (Fsp3) is 0.944. The van der Waals surface area contributed by atoms with E-state index in [1.807, 2.05) is 6.92 Å². The summed E-state index contributed by atoms with van der Waals surface area (Å²) in [6.45, 7) is 4.80. The number of carbonyl (C=O) groups excluding carboxylic acids is 1. The summed E-state index contributed by atoms with van der Waals surface area (Å²) in [5.41, 5.74) is 0. The van der Waals surface area contributed by atoms with E-state index >= 15 is 0 Å². The normalized spacial score (nSPS) is 20.5. The average Bonchev–Trinajstić information content (AvgIpc) is 3.21. The van der Waals surface area contributed by atoms with Crippen molar-refractivity contribution in [2.75, 3.05) is 6.61 Å². The fourth-order valence-electron chi connectivity index (χ4n) is 2.71. The summed E-state index contributed by atoms with van der Waals surface area (Å²) in [5.74, 6) is -0.101. The molecule has 3 heteroatoms. The molecule has 21 heavy (non-hydrogen) atoms. The van der Waals surface area contributed by atoms with E-state index < -0.39 is 0 Å². The van der Waals surface area contributed by atoms with Gasteiger partial charge in [0.2, 0.25) is 0 Å². The van der Waals surface area contributed by atoms with Gasteiger partial charge in [0.25, 0.3) is 0 Å². The molecular formula is C18H34O3. The molecule has 1 saturated heterocycles. The summed E-state index contributed by atoms with van der Waals surface area (Å²) in [6.07, 6.45) is 15.1. The monoisotopic (exact) mass is 298 g/mol. The number of carbonyl (C=O) groups is 1. The van der Waals surface area contributed by atoms with Crippen LogP contribution in [0, 0.1) is 0 Å². The third-order valence-corrected chi connectivity index (χ3v) is 4.11. The summed E-state index contributed by atoms with van der Waals surface area (Å²) in [5, 5.41) is 0. The number of hydrogen-bond acceptors (Lipinski definition) is 3. The minimum absolute atomic E-state index is 0.101. The molecule has 1 rings (SSSR count). The predicted molar refractivity (Wildman–Crippen MR) is 86.4 cm³/mol. The van der Waals surface area contributed by atoms with Gasteiger partial charge in [-0.25, -0.2) is 0 Å².